The van der Waals surface area contributed by atoms with E-state index in [0.717, 1.165) is 25.2 Å². The van der Waals surface area contributed by atoms with Gasteiger partial charge in [0.1, 0.15) is 17.3 Å². The van der Waals surface area contributed by atoms with Gasteiger partial charge in [-0.05, 0) is 50.1 Å². The summed E-state index contributed by atoms with van der Waals surface area (Å²) in [5.74, 6) is -1.74. The first kappa shape index (κ1) is 24.9. The summed E-state index contributed by atoms with van der Waals surface area (Å²) in [7, 11) is 0. The molecule has 2 fully saturated rings. The van der Waals surface area contributed by atoms with Gasteiger partial charge in [-0.2, -0.15) is 0 Å². The van der Waals surface area contributed by atoms with Gasteiger partial charge in [0.15, 0.2) is 0 Å². The van der Waals surface area contributed by atoms with Crippen molar-refractivity contribution in [2.24, 2.45) is 0 Å². The summed E-state index contributed by atoms with van der Waals surface area (Å²) < 4.78 is 25.9. The fourth-order valence-corrected chi connectivity index (χ4v) is 4.69. The molecular formula is C27H31FN2O5. The van der Waals surface area contributed by atoms with Gasteiger partial charge in [0, 0.05) is 37.3 Å². The average Bonchev–Trinajstić information content (AvgIpc) is 3.11. The molecule has 2 aromatic carbocycles. The number of Topliss-reactive ketones (excluding diaryl/α,β-unsaturated/α-hetero) is 1. The van der Waals surface area contributed by atoms with Crippen molar-refractivity contribution in [1.29, 1.82) is 0 Å². The van der Waals surface area contributed by atoms with Gasteiger partial charge in [-0.15, -0.1) is 0 Å². The van der Waals surface area contributed by atoms with Crippen molar-refractivity contribution in [3.63, 3.8) is 0 Å². The second-order valence-electron chi connectivity index (χ2n) is 8.73. The molecule has 0 unspecified atom stereocenters. The number of hydrogen-bond donors (Lipinski definition) is 1. The molecule has 0 aromatic heterocycles. The Hall–Kier alpha value is -3.23. The maximum Gasteiger partial charge on any atom is 0.295 e. The lowest BCUT2D eigenvalue weighted by Crippen LogP contribution is -2.39. The Kier molecular flexibility index (Phi) is 7.83. The third-order valence-corrected chi connectivity index (χ3v) is 6.47. The highest BCUT2D eigenvalue weighted by atomic mass is 19.1. The number of carbonyl (C=O) groups is 2. The summed E-state index contributed by atoms with van der Waals surface area (Å²) in [6.07, 6.45) is 0.611. The summed E-state index contributed by atoms with van der Waals surface area (Å²) in [4.78, 5) is 29.9. The summed E-state index contributed by atoms with van der Waals surface area (Å²) in [5, 5.41) is 11.2. The number of hydrogen-bond acceptors (Lipinski definition) is 6. The number of morpholine rings is 1. The number of rotatable bonds is 8. The third kappa shape index (κ3) is 5.23. The van der Waals surface area contributed by atoms with Gasteiger partial charge < -0.3 is 19.5 Å². The molecule has 2 aromatic rings. The Labute approximate surface area is 204 Å². The van der Waals surface area contributed by atoms with E-state index in [1.54, 1.807) is 36.4 Å². The number of ether oxygens (including phenoxy) is 2. The number of carbonyl (C=O) groups excluding carboxylic acids is 2. The summed E-state index contributed by atoms with van der Waals surface area (Å²) in [5.41, 5.74) is 1.23. The van der Waals surface area contributed by atoms with Gasteiger partial charge in [0.25, 0.3) is 11.7 Å². The zero-order chi connectivity index (χ0) is 24.9. The molecule has 7 nitrogen and oxygen atoms in total. The first-order valence-corrected chi connectivity index (χ1v) is 12.0. The van der Waals surface area contributed by atoms with Crippen LogP contribution in [0.15, 0.2) is 48.0 Å². The number of amides is 1. The number of aryl methyl sites for hydroxylation is 1. The Morgan fingerprint density at radius 1 is 1.14 bits per heavy atom. The Bertz CT molecular complexity index is 1130. The first-order valence-electron chi connectivity index (χ1n) is 12.0. The van der Waals surface area contributed by atoms with Crippen LogP contribution in [0.1, 0.15) is 36.1 Å². The predicted octanol–water partition coefficient (Wildman–Crippen LogP) is 3.68. The number of ketones is 1. The SMILES string of the molecule is CCOc1ccc(C(O)=C2C(=O)C(=O)N(CCCN3CCOCC3)[C@@H]2c2ccccc2F)cc1C. The molecule has 0 aliphatic carbocycles. The van der Waals surface area contributed by atoms with Crippen LogP contribution in [0.4, 0.5) is 4.39 Å². The molecule has 0 spiro atoms. The monoisotopic (exact) mass is 482 g/mol. The Balaban J connectivity index is 1.69. The molecule has 35 heavy (non-hydrogen) atoms. The fourth-order valence-electron chi connectivity index (χ4n) is 4.69. The van der Waals surface area contributed by atoms with E-state index in [9.17, 15) is 19.1 Å². The van der Waals surface area contributed by atoms with Crippen LogP contribution in [0, 0.1) is 12.7 Å². The molecular weight excluding hydrogens is 451 g/mol. The van der Waals surface area contributed by atoms with Crippen LogP contribution in [0.2, 0.25) is 0 Å². The highest BCUT2D eigenvalue weighted by molar-refractivity contribution is 6.46. The molecule has 0 radical (unpaired) electrons. The lowest BCUT2D eigenvalue weighted by Gasteiger charge is -2.29. The third-order valence-electron chi connectivity index (χ3n) is 6.47. The van der Waals surface area contributed by atoms with Crippen LogP contribution >= 0.6 is 0 Å². The highest BCUT2D eigenvalue weighted by Crippen LogP contribution is 2.40. The summed E-state index contributed by atoms with van der Waals surface area (Å²) in [6, 6.07) is 10.1. The number of benzene rings is 2. The standard InChI is InChI=1S/C27H31FN2O5/c1-3-35-22-10-9-19(17-18(22)2)25(31)23-24(20-7-4-5-8-21(20)28)30(27(33)26(23)32)12-6-11-29-13-15-34-16-14-29/h4-5,7-10,17,24,31H,3,6,11-16H2,1-2H3/t24-/m1/s1. The van der Waals surface area contributed by atoms with E-state index in [0.29, 0.717) is 37.6 Å². The summed E-state index contributed by atoms with van der Waals surface area (Å²) >= 11 is 0. The largest absolute Gasteiger partial charge is 0.507 e. The molecule has 8 heteroatoms. The molecule has 0 bridgehead atoms. The number of aliphatic hydroxyl groups is 1. The number of aliphatic hydroxyl groups excluding tert-OH is 1. The van der Waals surface area contributed by atoms with E-state index < -0.39 is 23.5 Å². The van der Waals surface area contributed by atoms with E-state index in [2.05, 4.69) is 4.90 Å². The van der Waals surface area contributed by atoms with E-state index in [1.165, 1.54) is 11.0 Å². The van der Waals surface area contributed by atoms with E-state index >= 15 is 0 Å². The van der Waals surface area contributed by atoms with Gasteiger partial charge in [-0.25, -0.2) is 4.39 Å². The second kappa shape index (κ2) is 11.0. The number of halogens is 1. The van der Waals surface area contributed by atoms with Crippen LogP contribution in [0.3, 0.4) is 0 Å². The van der Waals surface area contributed by atoms with E-state index in [1.807, 2.05) is 13.8 Å². The van der Waals surface area contributed by atoms with Crippen molar-refractivity contribution >= 4 is 17.4 Å². The molecule has 2 heterocycles. The van der Waals surface area contributed by atoms with Gasteiger partial charge in [0.2, 0.25) is 0 Å². The van der Waals surface area contributed by atoms with Gasteiger partial charge in [0.05, 0.1) is 31.4 Å². The van der Waals surface area contributed by atoms with Crippen molar-refractivity contribution in [2.45, 2.75) is 26.3 Å². The zero-order valence-electron chi connectivity index (χ0n) is 20.1. The topological polar surface area (TPSA) is 79.3 Å². The molecule has 1 amide bonds. The lowest BCUT2D eigenvalue weighted by molar-refractivity contribution is -0.140. The van der Waals surface area contributed by atoms with Crippen LogP contribution in [-0.4, -0.2) is 72.6 Å². The van der Waals surface area contributed by atoms with Crippen LogP contribution in [-0.2, 0) is 14.3 Å². The van der Waals surface area contributed by atoms with Gasteiger partial charge in [-0.1, -0.05) is 18.2 Å². The van der Waals surface area contributed by atoms with Crippen LogP contribution in [0.5, 0.6) is 5.75 Å². The minimum atomic E-state index is -1.01. The Morgan fingerprint density at radius 3 is 2.57 bits per heavy atom. The Morgan fingerprint density at radius 2 is 1.89 bits per heavy atom. The zero-order valence-corrected chi connectivity index (χ0v) is 20.1. The normalized spacial score (nSPS) is 20.4. The van der Waals surface area contributed by atoms with Gasteiger partial charge in [-0.3, -0.25) is 14.5 Å². The maximum atomic E-state index is 14.9. The molecule has 0 saturated carbocycles. The smallest absolute Gasteiger partial charge is 0.295 e. The number of nitrogens with zero attached hydrogens (tertiary/aromatic N) is 2. The molecule has 1 atom stereocenters. The molecule has 1 N–H and O–H groups in total. The molecule has 2 saturated heterocycles. The van der Waals surface area contributed by atoms with Crippen molar-refractivity contribution < 1.29 is 28.6 Å². The minimum Gasteiger partial charge on any atom is -0.507 e. The van der Waals surface area contributed by atoms with Crippen molar-refractivity contribution in [1.82, 2.24) is 9.80 Å². The average molecular weight is 483 g/mol. The van der Waals surface area contributed by atoms with Gasteiger partial charge >= 0.3 is 0 Å². The molecule has 2 aliphatic heterocycles. The molecule has 186 valence electrons. The van der Waals surface area contributed by atoms with Crippen molar-refractivity contribution in [3.8, 4) is 5.75 Å². The molecule has 2 aliphatic rings. The highest BCUT2D eigenvalue weighted by Gasteiger charge is 2.46. The maximum absolute atomic E-state index is 14.9. The minimum absolute atomic E-state index is 0.102. The van der Waals surface area contributed by atoms with Crippen LogP contribution in [0.25, 0.3) is 5.76 Å². The van der Waals surface area contributed by atoms with E-state index in [4.69, 9.17) is 9.47 Å². The fraction of sp³-hybridized carbons (Fsp3) is 0.407. The summed E-state index contributed by atoms with van der Waals surface area (Å²) in [6.45, 7) is 8.16. The second-order valence-corrected chi connectivity index (χ2v) is 8.73. The first-order chi connectivity index (χ1) is 16.9. The lowest BCUT2D eigenvalue weighted by atomic mass is 9.94. The van der Waals surface area contributed by atoms with Crippen molar-refractivity contribution in [3.05, 3.63) is 70.5 Å². The van der Waals surface area contributed by atoms with Crippen molar-refractivity contribution in [2.75, 3.05) is 46.0 Å². The molecule has 4 rings (SSSR count). The van der Waals surface area contributed by atoms with E-state index in [-0.39, 0.29) is 23.4 Å². The predicted molar refractivity (Wildman–Crippen MR) is 130 cm³/mol. The quantitative estimate of drug-likeness (QED) is 0.351. The number of likely N-dealkylation sites (tertiary alicyclic amines) is 1. The van der Waals surface area contributed by atoms with Crippen LogP contribution < -0.4 is 4.74 Å².